The number of esters is 1. The van der Waals surface area contributed by atoms with Crippen molar-refractivity contribution in [3.8, 4) is 0 Å². The van der Waals surface area contributed by atoms with Gasteiger partial charge in [-0.15, -0.1) is 0 Å². The normalized spacial score (nSPS) is 59.6. The van der Waals surface area contributed by atoms with Gasteiger partial charge in [-0.1, -0.05) is 25.0 Å². The summed E-state index contributed by atoms with van der Waals surface area (Å²) in [5, 5.41) is 0. The van der Waals surface area contributed by atoms with Crippen LogP contribution in [0, 0.1) is 28.6 Å². The number of ether oxygens (including phenoxy) is 2. The second-order valence-corrected chi connectivity index (χ2v) is 11.0. The van der Waals surface area contributed by atoms with Crippen LogP contribution in [0.2, 0.25) is 0 Å². The molecule has 144 valence electrons. The van der Waals surface area contributed by atoms with Crippen LogP contribution in [0.5, 0.6) is 0 Å². The van der Waals surface area contributed by atoms with Crippen molar-refractivity contribution in [3.63, 3.8) is 0 Å². The Morgan fingerprint density at radius 2 is 1.93 bits per heavy atom. The van der Waals surface area contributed by atoms with E-state index >= 15 is 0 Å². The quantitative estimate of drug-likeness (QED) is 0.371. The fraction of sp³-hybridized carbons (Fsp3) is 0.826. The molecule has 4 saturated carbocycles. The summed E-state index contributed by atoms with van der Waals surface area (Å²) in [6.45, 7) is 4.81. The highest BCUT2D eigenvalue weighted by atomic mass is 16.6. The Morgan fingerprint density at radius 3 is 2.70 bits per heavy atom. The molecule has 1 unspecified atom stereocenters. The van der Waals surface area contributed by atoms with Crippen molar-refractivity contribution in [3.05, 3.63) is 11.1 Å². The van der Waals surface area contributed by atoms with Gasteiger partial charge in [0.15, 0.2) is 0 Å². The molecule has 0 aromatic heterocycles. The van der Waals surface area contributed by atoms with Crippen LogP contribution in [-0.2, 0) is 19.1 Å². The van der Waals surface area contributed by atoms with E-state index in [1.54, 1.807) is 5.57 Å². The van der Waals surface area contributed by atoms with Crippen LogP contribution in [0.4, 0.5) is 0 Å². The van der Waals surface area contributed by atoms with Gasteiger partial charge in [-0.25, -0.2) is 0 Å². The fourth-order valence-electron chi connectivity index (χ4n) is 9.04. The molecule has 2 saturated heterocycles. The number of carbonyl (C=O) groups excluding carboxylic acids is 2. The molecule has 0 aromatic rings. The van der Waals surface area contributed by atoms with Gasteiger partial charge in [-0.2, -0.15) is 0 Å². The number of hydrogen-bond acceptors (Lipinski definition) is 4. The molecule has 27 heavy (non-hydrogen) atoms. The highest BCUT2D eigenvalue weighted by Crippen LogP contribution is 2.81. The van der Waals surface area contributed by atoms with Crippen molar-refractivity contribution in [2.24, 2.45) is 28.6 Å². The average Bonchev–Trinajstić information content (AvgIpc) is 3.49. The number of ketones is 1. The van der Waals surface area contributed by atoms with Crippen LogP contribution < -0.4 is 0 Å². The number of carbonyl (C=O) groups is 2. The lowest BCUT2D eigenvalue weighted by Gasteiger charge is -2.56. The van der Waals surface area contributed by atoms with Crippen molar-refractivity contribution in [1.82, 2.24) is 0 Å². The third-order valence-corrected chi connectivity index (χ3v) is 10.4. The van der Waals surface area contributed by atoms with E-state index in [1.807, 2.05) is 0 Å². The summed E-state index contributed by atoms with van der Waals surface area (Å²) in [4.78, 5) is 24.3. The maximum Gasteiger partial charge on any atom is 0.306 e. The Kier molecular flexibility index (Phi) is 2.46. The van der Waals surface area contributed by atoms with Gasteiger partial charge >= 0.3 is 5.97 Å². The first-order chi connectivity index (χ1) is 12.8. The van der Waals surface area contributed by atoms with Crippen LogP contribution >= 0.6 is 0 Å². The molecule has 2 spiro atoms. The standard InChI is InChI=1S/C23H28O4/c1-20-6-3-12(24)9-16(20)13-10-14(13)19-15-4-7-22(8-5-18(25)27-22)21(15,2)11-17-23(19,20)26-17/h14-15,17,19H,3-11H2,1-2H3/t14-,15-,17+,19-,20-,21-,22+,23?/m0/s1. The lowest BCUT2D eigenvalue weighted by atomic mass is 9.46. The Labute approximate surface area is 160 Å². The van der Waals surface area contributed by atoms with Crippen LogP contribution in [0.1, 0.15) is 71.6 Å². The maximum atomic E-state index is 12.2. The molecule has 0 bridgehead atoms. The van der Waals surface area contributed by atoms with E-state index in [0.717, 1.165) is 25.7 Å². The second kappa shape index (κ2) is 4.22. The zero-order valence-corrected chi connectivity index (χ0v) is 16.3. The molecule has 7 aliphatic rings. The zero-order chi connectivity index (χ0) is 18.4. The van der Waals surface area contributed by atoms with Gasteiger partial charge in [0.25, 0.3) is 0 Å². The van der Waals surface area contributed by atoms with Gasteiger partial charge in [0.1, 0.15) is 17.0 Å². The first-order valence-corrected chi connectivity index (χ1v) is 11.0. The number of hydrogen-bond donors (Lipinski definition) is 0. The smallest absolute Gasteiger partial charge is 0.306 e. The Bertz CT molecular complexity index is 858. The molecule has 0 radical (unpaired) electrons. The number of epoxide rings is 1. The molecule has 5 aliphatic carbocycles. The van der Waals surface area contributed by atoms with Crippen molar-refractivity contribution >= 4 is 11.8 Å². The minimum atomic E-state index is -0.241. The molecule has 8 atom stereocenters. The molecule has 7 rings (SSSR count). The second-order valence-electron chi connectivity index (χ2n) is 11.0. The Balaban J connectivity index is 1.36. The van der Waals surface area contributed by atoms with E-state index in [2.05, 4.69) is 13.8 Å². The molecular weight excluding hydrogens is 340 g/mol. The molecular formula is C23H28O4. The van der Waals surface area contributed by atoms with Gasteiger partial charge < -0.3 is 9.47 Å². The summed E-state index contributed by atoms with van der Waals surface area (Å²) in [5.41, 5.74) is 2.90. The van der Waals surface area contributed by atoms with E-state index in [1.165, 1.54) is 18.4 Å². The summed E-state index contributed by atoms with van der Waals surface area (Å²) in [6, 6.07) is 0. The van der Waals surface area contributed by atoms with Crippen LogP contribution in [0.3, 0.4) is 0 Å². The molecule has 2 aliphatic heterocycles. The fourth-order valence-corrected chi connectivity index (χ4v) is 9.04. The van der Waals surface area contributed by atoms with E-state index in [-0.39, 0.29) is 34.1 Å². The van der Waals surface area contributed by atoms with Crippen molar-refractivity contribution < 1.29 is 19.1 Å². The van der Waals surface area contributed by atoms with Gasteiger partial charge in [0.05, 0.1) is 6.10 Å². The van der Waals surface area contributed by atoms with Gasteiger partial charge in [-0.3, -0.25) is 9.59 Å². The molecule has 6 fully saturated rings. The van der Waals surface area contributed by atoms with Crippen LogP contribution in [0.25, 0.3) is 0 Å². The topological polar surface area (TPSA) is 55.9 Å². The largest absolute Gasteiger partial charge is 0.458 e. The predicted octanol–water partition coefficient (Wildman–Crippen LogP) is 3.73. The van der Waals surface area contributed by atoms with E-state index < -0.39 is 0 Å². The lowest BCUT2D eigenvalue weighted by molar-refractivity contribution is -0.164. The highest BCUT2D eigenvalue weighted by molar-refractivity contribution is 5.84. The maximum absolute atomic E-state index is 12.2. The molecule has 2 heterocycles. The molecule has 0 aromatic carbocycles. The lowest BCUT2D eigenvalue weighted by Crippen LogP contribution is -2.60. The van der Waals surface area contributed by atoms with Gasteiger partial charge in [-0.05, 0) is 50.4 Å². The molecule has 4 nitrogen and oxygen atoms in total. The van der Waals surface area contributed by atoms with E-state index in [4.69, 9.17) is 9.47 Å². The third-order valence-electron chi connectivity index (χ3n) is 10.4. The number of fused-ring (bicyclic) bond motifs is 6. The minimum Gasteiger partial charge on any atom is -0.458 e. The monoisotopic (exact) mass is 368 g/mol. The Hall–Kier alpha value is -1.16. The first-order valence-electron chi connectivity index (χ1n) is 11.0. The molecule has 0 N–H and O–H groups in total. The third kappa shape index (κ3) is 1.47. The minimum absolute atomic E-state index is 0.00104. The predicted molar refractivity (Wildman–Crippen MR) is 96.7 cm³/mol. The summed E-state index contributed by atoms with van der Waals surface area (Å²) in [7, 11) is 0. The average molecular weight is 368 g/mol. The zero-order valence-electron chi connectivity index (χ0n) is 16.3. The van der Waals surface area contributed by atoms with E-state index in [9.17, 15) is 9.59 Å². The van der Waals surface area contributed by atoms with E-state index in [0.29, 0.717) is 42.8 Å². The number of rotatable bonds is 0. The summed E-state index contributed by atoms with van der Waals surface area (Å²) < 4.78 is 12.8. The molecule has 4 heteroatoms. The van der Waals surface area contributed by atoms with Crippen LogP contribution in [-0.4, -0.2) is 29.1 Å². The summed E-state index contributed by atoms with van der Waals surface area (Å²) in [6.07, 6.45) is 8.54. The van der Waals surface area contributed by atoms with Gasteiger partial charge in [0.2, 0.25) is 0 Å². The Morgan fingerprint density at radius 1 is 1.07 bits per heavy atom. The number of Topliss-reactive ketones (excluding diaryl/α,β-unsaturated/α-hetero) is 1. The van der Waals surface area contributed by atoms with Crippen molar-refractivity contribution in [1.29, 1.82) is 0 Å². The summed E-state index contributed by atoms with van der Waals surface area (Å²) in [5.74, 6) is 2.20. The summed E-state index contributed by atoms with van der Waals surface area (Å²) >= 11 is 0. The van der Waals surface area contributed by atoms with Gasteiger partial charge in [0, 0.05) is 36.0 Å². The first kappa shape index (κ1) is 15.7. The van der Waals surface area contributed by atoms with Crippen molar-refractivity contribution in [2.45, 2.75) is 88.9 Å². The number of allylic oxidation sites excluding steroid dienone is 1. The van der Waals surface area contributed by atoms with Crippen molar-refractivity contribution in [2.75, 3.05) is 0 Å². The van der Waals surface area contributed by atoms with Crippen LogP contribution in [0.15, 0.2) is 11.1 Å². The SMILES string of the molecule is C[C@]12CCC(=O)CC1=C1C[C@@H]1[C@H]1[C@@H]3CC[C@@]4(CCC(=O)O4)[C@@]3(C)C[C@H]3OC132. The highest BCUT2D eigenvalue weighted by Gasteiger charge is 2.84. The molecule has 0 amide bonds.